The number of rotatable bonds is 0. The Morgan fingerprint density at radius 1 is 1.75 bits per heavy atom. The highest BCUT2D eigenvalue weighted by molar-refractivity contribution is 5.21. The molecule has 0 bridgehead atoms. The first kappa shape index (κ1) is 5.57. The largest absolute Gasteiger partial charge is 0.389 e. The van der Waals surface area contributed by atoms with Gasteiger partial charge in [-0.05, 0) is 13.3 Å². The van der Waals surface area contributed by atoms with Crippen LogP contribution in [0.4, 0.5) is 0 Å². The van der Waals surface area contributed by atoms with E-state index in [2.05, 4.69) is 0 Å². The molecule has 44 valence electrons. The fourth-order valence-corrected chi connectivity index (χ4v) is 0.716. The first-order valence-electron chi connectivity index (χ1n) is 2.82. The molecule has 0 amide bonds. The van der Waals surface area contributed by atoms with Crippen LogP contribution in [0, 0.1) is 0 Å². The minimum Gasteiger partial charge on any atom is -0.389 e. The number of aliphatic hydroxyl groups is 1. The van der Waals surface area contributed by atoms with E-state index >= 15 is 0 Å². The maximum Gasteiger partial charge on any atom is 0.0758 e. The molecule has 0 aromatic carbocycles. The maximum atomic E-state index is 8.90. The van der Waals surface area contributed by atoms with Gasteiger partial charge in [0, 0.05) is 0 Å². The van der Waals surface area contributed by atoms with Crippen molar-refractivity contribution in [2.24, 2.45) is 0 Å². The molecule has 0 saturated heterocycles. The minimum atomic E-state index is -0.237. The highest BCUT2D eigenvalue weighted by Crippen LogP contribution is 2.08. The molecule has 0 radical (unpaired) electrons. The van der Waals surface area contributed by atoms with Crippen LogP contribution < -0.4 is 0 Å². The van der Waals surface area contributed by atoms with Crippen LogP contribution in [0.2, 0.25) is 0 Å². The van der Waals surface area contributed by atoms with Gasteiger partial charge >= 0.3 is 0 Å². The van der Waals surface area contributed by atoms with Crippen molar-refractivity contribution >= 4 is 0 Å². The van der Waals surface area contributed by atoms with E-state index in [9.17, 15) is 0 Å². The summed E-state index contributed by atoms with van der Waals surface area (Å²) in [5.74, 6) is 0. The third kappa shape index (κ3) is 1.20. The van der Waals surface area contributed by atoms with Crippen molar-refractivity contribution in [1.29, 1.82) is 0 Å². The molecule has 0 fully saturated rings. The van der Waals surface area contributed by atoms with Crippen molar-refractivity contribution in [2.75, 3.05) is 0 Å². The monoisotopic (exact) mass is 110 g/mol. The fourth-order valence-electron chi connectivity index (χ4n) is 0.716. The normalized spacial score (nSPS) is 27.8. The first-order chi connectivity index (χ1) is 3.79. The van der Waals surface area contributed by atoms with Crippen molar-refractivity contribution in [2.45, 2.75) is 19.4 Å². The smallest absolute Gasteiger partial charge is 0.0758 e. The van der Waals surface area contributed by atoms with E-state index in [1.54, 1.807) is 0 Å². The summed E-state index contributed by atoms with van der Waals surface area (Å²) in [5.41, 5.74) is 1.25. The molecule has 1 aliphatic rings. The zero-order valence-corrected chi connectivity index (χ0v) is 4.96. The predicted molar refractivity (Wildman–Crippen MR) is 33.5 cm³/mol. The second-order valence-corrected chi connectivity index (χ2v) is 2.11. The van der Waals surface area contributed by atoms with Gasteiger partial charge in [0.1, 0.15) is 0 Å². The van der Waals surface area contributed by atoms with Crippen LogP contribution in [0.25, 0.3) is 0 Å². The highest BCUT2D eigenvalue weighted by atomic mass is 16.3. The third-order valence-electron chi connectivity index (χ3n) is 1.26. The highest BCUT2D eigenvalue weighted by Gasteiger charge is 1.99. The molecule has 0 spiro atoms. The Kier molecular flexibility index (Phi) is 1.49. The van der Waals surface area contributed by atoms with Crippen molar-refractivity contribution in [1.82, 2.24) is 0 Å². The van der Waals surface area contributed by atoms with Gasteiger partial charge in [-0.3, -0.25) is 0 Å². The van der Waals surface area contributed by atoms with Crippen molar-refractivity contribution in [3.05, 3.63) is 23.8 Å². The van der Waals surface area contributed by atoms with Crippen LogP contribution in [0.15, 0.2) is 23.8 Å². The van der Waals surface area contributed by atoms with Gasteiger partial charge in [-0.1, -0.05) is 23.8 Å². The van der Waals surface area contributed by atoms with Crippen molar-refractivity contribution in [3.63, 3.8) is 0 Å². The lowest BCUT2D eigenvalue weighted by Crippen LogP contribution is -2.02. The van der Waals surface area contributed by atoms with Gasteiger partial charge in [-0.2, -0.15) is 0 Å². The lowest BCUT2D eigenvalue weighted by molar-refractivity contribution is 0.225. The van der Waals surface area contributed by atoms with Crippen LogP contribution in [0.3, 0.4) is 0 Å². The molecule has 1 N–H and O–H groups in total. The average molecular weight is 110 g/mol. The quantitative estimate of drug-likeness (QED) is 0.497. The SMILES string of the molecule is CC1=CCC(O)C=C1. The van der Waals surface area contributed by atoms with Crippen LogP contribution in [-0.4, -0.2) is 11.2 Å². The van der Waals surface area contributed by atoms with E-state index in [4.69, 9.17) is 5.11 Å². The molecule has 1 unspecified atom stereocenters. The molecule has 0 aliphatic heterocycles. The molecule has 1 aliphatic carbocycles. The van der Waals surface area contributed by atoms with Gasteiger partial charge in [0.15, 0.2) is 0 Å². The Balaban J connectivity index is 2.58. The fraction of sp³-hybridized carbons (Fsp3) is 0.429. The van der Waals surface area contributed by atoms with E-state index in [-0.39, 0.29) is 6.10 Å². The molecular weight excluding hydrogens is 100 g/mol. The molecular formula is C7H10O. The Labute approximate surface area is 49.3 Å². The molecule has 1 atom stereocenters. The van der Waals surface area contributed by atoms with Gasteiger partial charge in [0.05, 0.1) is 6.10 Å². The van der Waals surface area contributed by atoms with Gasteiger partial charge < -0.3 is 5.11 Å². The summed E-state index contributed by atoms with van der Waals surface area (Å²) in [5, 5.41) is 8.90. The van der Waals surface area contributed by atoms with Crippen LogP contribution >= 0.6 is 0 Å². The zero-order valence-electron chi connectivity index (χ0n) is 4.96. The lowest BCUT2D eigenvalue weighted by Gasteiger charge is -2.06. The predicted octanol–water partition coefficient (Wildman–Crippen LogP) is 1.25. The topological polar surface area (TPSA) is 20.2 Å². The average Bonchev–Trinajstić information content (AvgIpc) is 1.77. The lowest BCUT2D eigenvalue weighted by atomic mass is 10.1. The summed E-state index contributed by atoms with van der Waals surface area (Å²) in [7, 11) is 0. The van der Waals surface area contributed by atoms with Crippen molar-refractivity contribution in [3.8, 4) is 0 Å². The first-order valence-corrected chi connectivity index (χ1v) is 2.82. The van der Waals surface area contributed by atoms with E-state index in [0.29, 0.717) is 0 Å². The van der Waals surface area contributed by atoms with Crippen LogP contribution in [-0.2, 0) is 0 Å². The number of aliphatic hydroxyl groups excluding tert-OH is 1. The molecule has 1 heteroatoms. The minimum absolute atomic E-state index is 0.237. The van der Waals surface area contributed by atoms with Crippen LogP contribution in [0.5, 0.6) is 0 Å². The summed E-state index contributed by atoms with van der Waals surface area (Å²) in [4.78, 5) is 0. The Hall–Kier alpha value is -0.560. The summed E-state index contributed by atoms with van der Waals surface area (Å²) >= 11 is 0. The molecule has 8 heavy (non-hydrogen) atoms. The molecule has 1 rings (SSSR count). The molecule has 0 aromatic heterocycles. The standard InChI is InChI=1S/C7H10O/c1-6-2-4-7(8)5-3-6/h2-4,7-8H,5H2,1H3. The van der Waals surface area contributed by atoms with Gasteiger partial charge in [0.2, 0.25) is 0 Å². The summed E-state index contributed by atoms with van der Waals surface area (Å²) in [6.07, 6.45) is 6.33. The molecule has 0 heterocycles. The van der Waals surface area contributed by atoms with E-state index in [0.717, 1.165) is 6.42 Å². The third-order valence-corrected chi connectivity index (χ3v) is 1.26. The number of allylic oxidation sites excluding steroid dienone is 2. The Bertz CT molecular complexity index is 133. The van der Waals surface area contributed by atoms with E-state index < -0.39 is 0 Å². The second kappa shape index (κ2) is 2.14. The number of hydrogen-bond donors (Lipinski definition) is 1. The Morgan fingerprint density at radius 3 is 2.88 bits per heavy atom. The summed E-state index contributed by atoms with van der Waals surface area (Å²) in [6.45, 7) is 2.03. The van der Waals surface area contributed by atoms with Crippen LogP contribution in [0.1, 0.15) is 13.3 Å². The summed E-state index contributed by atoms with van der Waals surface area (Å²) < 4.78 is 0. The summed E-state index contributed by atoms with van der Waals surface area (Å²) in [6, 6.07) is 0. The van der Waals surface area contributed by atoms with Gasteiger partial charge in [-0.15, -0.1) is 0 Å². The molecule has 0 saturated carbocycles. The van der Waals surface area contributed by atoms with Crippen molar-refractivity contribution < 1.29 is 5.11 Å². The van der Waals surface area contributed by atoms with E-state index in [1.807, 2.05) is 25.2 Å². The molecule has 0 aromatic rings. The Morgan fingerprint density at radius 2 is 2.50 bits per heavy atom. The van der Waals surface area contributed by atoms with Gasteiger partial charge in [-0.25, -0.2) is 0 Å². The number of hydrogen-bond acceptors (Lipinski definition) is 1. The van der Waals surface area contributed by atoms with Gasteiger partial charge in [0.25, 0.3) is 0 Å². The van der Waals surface area contributed by atoms with E-state index in [1.165, 1.54) is 5.57 Å². The zero-order chi connectivity index (χ0) is 5.98. The second-order valence-electron chi connectivity index (χ2n) is 2.11. The maximum absolute atomic E-state index is 8.90. The molecule has 1 nitrogen and oxygen atoms in total.